The molecule has 0 aliphatic carbocycles. The van der Waals surface area contributed by atoms with Crippen LogP contribution in [0.5, 0.6) is 0 Å². The van der Waals surface area contributed by atoms with Gasteiger partial charge in [-0.05, 0) is 49.5 Å². The second-order valence-electron chi connectivity index (χ2n) is 4.64. The molecule has 0 aromatic carbocycles. The van der Waals surface area contributed by atoms with Gasteiger partial charge in [0.2, 0.25) is 0 Å². The van der Waals surface area contributed by atoms with Crippen molar-refractivity contribution in [2.45, 2.75) is 25.9 Å². The van der Waals surface area contributed by atoms with Gasteiger partial charge in [-0.1, -0.05) is 0 Å². The first-order valence-corrected chi connectivity index (χ1v) is 8.76. The van der Waals surface area contributed by atoms with E-state index in [1.54, 1.807) is 12.4 Å². The highest BCUT2D eigenvalue weighted by Crippen LogP contribution is 2.10. The highest BCUT2D eigenvalue weighted by atomic mass is 32.2. The Bertz CT molecular complexity index is 400. The number of thioether (sulfide) groups is 1. The van der Waals surface area contributed by atoms with Gasteiger partial charge in [-0.3, -0.25) is 9.98 Å². The van der Waals surface area contributed by atoms with Crippen LogP contribution in [-0.4, -0.2) is 47.7 Å². The number of aliphatic hydroxyl groups excluding tert-OH is 1. The molecule has 0 aliphatic rings. The van der Waals surface area contributed by atoms with E-state index in [2.05, 4.69) is 26.9 Å². The number of aliphatic imine (C=N–C) groups is 1. The Kier molecular flexibility index (Phi) is 9.65. The standard InChI is InChI=1S/C15H26N4OS/c1-3-17-15(18-8-4-5-11-21-2)19-12-14(20)13-6-9-16-10-7-13/h6-7,9-10,14,20H,3-5,8,11-12H2,1-2H3,(H2,17,18,19). The zero-order valence-electron chi connectivity index (χ0n) is 12.9. The average molecular weight is 310 g/mol. The van der Waals surface area contributed by atoms with Crippen LogP contribution in [0.1, 0.15) is 31.4 Å². The van der Waals surface area contributed by atoms with Crippen LogP contribution in [-0.2, 0) is 0 Å². The van der Waals surface area contributed by atoms with Crippen molar-refractivity contribution in [1.29, 1.82) is 0 Å². The Morgan fingerprint density at radius 3 is 2.76 bits per heavy atom. The highest BCUT2D eigenvalue weighted by Gasteiger charge is 2.06. The van der Waals surface area contributed by atoms with Crippen molar-refractivity contribution in [3.63, 3.8) is 0 Å². The minimum atomic E-state index is -0.597. The van der Waals surface area contributed by atoms with Crippen molar-refractivity contribution in [1.82, 2.24) is 15.6 Å². The van der Waals surface area contributed by atoms with Crippen molar-refractivity contribution in [3.05, 3.63) is 30.1 Å². The number of nitrogens with zero attached hydrogens (tertiary/aromatic N) is 2. The van der Waals surface area contributed by atoms with Gasteiger partial charge in [-0.2, -0.15) is 11.8 Å². The minimum absolute atomic E-state index is 0.337. The van der Waals surface area contributed by atoms with E-state index in [-0.39, 0.29) is 0 Å². The molecule has 0 bridgehead atoms. The predicted molar refractivity (Wildman–Crippen MR) is 90.8 cm³/mol. The van der Waals surface area contributed by atoms with Crippen molar-refractivity contribution >= 4 is 17.7 Å². The predicted octanol–water partition coefficient (Wildman–Crippen LogP) is 1.81. The average Bonchev–Trinajstić information content (AvgIpc) is 2.52. The summed E-state index contributed by atoms with van der Waals surface area (Å²) in [5, 5.41) is 16.6. The second kappa shape index (κ2) is 11.4. The lowest BCUT2D eigenvalue weighted by Gasteiger charge is -2.13. The molecule has 0 saturated carbocycles. The Morgan fingerprint density at radius 1 is 1.33 bits per heavy atom. The van der Waals surface area contributed by atoms with Gasteiger partial charge in [-0.15, -0.1) is 0 Å². The molecule has 0 spiro atoms. The van der Waals surface area contributed by atoms with Gasteiger partial charge in [0.1, 0.15) is 0 Å². The van der Waals surface area contributed by atoms with E-state index in [1.165, 1.54) is 12.2 Å². The zero-order valence-corrected chi connectivity index (χ0v) is 13.7. The van der Waals surface area contributed by atoms with Gasteiger partial charge >= 0.3 is 0 Å². The Balaban J connectivity index is 2.40. The van der Waals surface area contributed by atoms with E-state index in [9.17, 15) is 5.11 Å². The number of unbranched alkanes of at least 4 members (excludes halogenated alkanes) is 1. The molecule has 0 aliphatic heterocycles. The van der Waals surface area contributed by atoms with Gasteiger partial charge < -0.3 is 15.7 Å². The monoisotopic (exact) mass is 310 g/mol. The summed E-state index contributed by atoms with van der Waals surface area (Å²) in [5.74, 6) is 1.95. The largest absolute Gasteiger partial charge is 0.386 e. The molecule has 3 N–H and O–H groups in total. The number of aliphatic hydroxyl groups is 1. The van der Waals surface area contributed by atoms with E-state index in [0.717, 1.165) is 31.0 Å². The van der Waals surface area contributed by atoms with Gasteiger partial charge in [0, 0.05) is 25.5 Å². The fourth-order valence-corrected chi connectivity index (χ4v) is 2.28. The number of aromatic nitrogens is 1. The van der Waals surface area contributed by atoms with Crippen molar-refractivity contribution in [2.75, 3.05) is 31.6 Å². The molecule has 6 heteroatoms. The summed E-state index contributed by atoms with van der Waals surface area (Å²) < 4.78 is 0. The van der Waals surface area contributed by atoms with Gasteiger partial charge in [0.15, 0.2) is 5.96 Å². The van der Waals surface area contributed by atoms with Crippen LogP contribution in [0.4, 0.5) is 0 Å². The first-order chi connectivity index (χ1) is 10.3. The van der Waals surface area contributed by atoms with Crippen LogP contribution < -0.4 is 10.6 Å². The van der Waals surface area contributed by atoms with Crippen LogP contribution in [0.15, 0.2) is 29.5 Å². The number of pyridine rings is 1. The Morgan fingerprint density at radius 2 is 2.10 bits per heavy atom. The quantitative estimate of drug-likeness (QED) is 0.369. The smallest absolute Gasteiger partial charge is 0.191 e. The number of hydrogen-bond donors (Lipinski definition) is 3. The lowest BCUT2D eigenvalue weighted by Crippen LogP contribution is -2.38. The molecule has 0 saturated heterocycles. The molecule has 21 heavy (non-hydrogen) atoms. The maximum Gasteiger partial charge on any atom is 0.191 e. The van der Waals surface area contributed by atoms with Crippen LogP contribution in [0, 0.1) is 0 Å². The Labute approximate surface area is 131 Å². The third-order valence-corrected chi connectivity index (χ3v) is 3.62. The summed E-state index contributed by atoms with van der Waals surface area (Å²) in [6.45, 7) is 4.08. The third-order valence-electron chi connectivity index (χ3n) is 2.93. The topological polar surface area (TPSA) is 69.5 Å². The lowest BCUT2D eigenvalue weighted by molar-refractivity contribution is 0.187. The number of nitrogens with one attached hydrogen (secondary N) is 2. The van der Waals surface area contributed by atoms with E-state index in [4.69, 9.17) is 0 Å². The van der Waals surface area contributed by atoms with Crippen LogP contribution in [0.25, 0.3) is 0 Å². The van der Waals surface area contributed by atoms with Crippen LogP contribution >= 0.6 is 11.8 Å². The van der Waals surface area contributed by atoms with Gasteiger partial charge in [0.25, 0.3) is 0 Å². The SMILES string of the molecule is CCNC(=NCC(O)c1ccncc1)NCCCCSC. The summed E-state index contributed by atoms with van der Waals surface area (Å²) in [6.07, 6.45) is 7.21. The molecule has 1 heterocycles. The minimum Gasteiger partial charge on any atom is -0.386 e. The molecule has 0 fully saturated rings. The summed E-state index contributed by atoms with van der Waals surface area (Å²) in [6, 6.07) is 3.62. The molecule has 1 rings (SSSR count). The molecular formula is C15H26N4OS. The lowest BCUT2D eigenvalue weighted by atomic mass is 10.1. The van der Waals surface area contributed by atoms with Gasteiger partial charge in [0.05, 0.1) is 12.6 Å². The fourth-order valence-electron chi connectivity index (χ4n) is 1.79. The van der Waals surface area contributed by atoms with Crippen LogP contribution in [0.3, 0.4) is 0 Å². The molecule has 0 radical (unpaired) electrons. The molecule has 1 atom stereocenters. The van der Waals surface area contributed by atoms with Gasteiger partial charge in [-0.25, -0.2) is 0 Å². The van der Waals surface area contributed by atoms with Crippen molar-refractivity contribution in [3.8, 4) is 0 Å². The fraction of sp³-hybridized carbons (Fsp3) is 0.600. The molecule has 1 aromatic rings. The van der Waals surface area contributed by atoms with E-state index < -0.39 is 6.10 Å². The molecule has 0 amide bonds. The summed E-state index contributed by atoms with van der Waals surface area (Å²) in [5.41, 5.74) is 0.838. The molecule has 5 nitrogen and oxygen atoms in total. The Hall–Kier alpha value is -1.27. The number of rotatable bonds is 9. The molecule has 1 aromatic heterocycles. The maximum absolute atomic E-state index is 10.1. The first kappa shape index (κ1) is 17.8. The first-order valence-electron chi connectivity index (χ1n) is 7.37. The summed E-state index contributed by atoms with van der Waals surface area (Å²) >= 11 is 1.87. The van der Waals surface area contributed by atoms with Crippen molar-refractivity contribution in [2.24, 2.45) is 4.99 Å². The number of guanidine groups is 1. The second-order valence-corrected chi connectivity index (χ2v) is 5.63. The van der Waals surface area contributed by atoms with Crippen LogP contribution in [0.2, 0.25) is 0 Å². The van der Waals surface area contributed by atoms with E-state index in [0.29, 0.717) is 6.54 Å². The zero-order chi connectivity index (χ0) is 15.3. The number of hydrogen-bond acceptors (Lipinski definition) is 4. The summed E-state index contributed by atoms with van der Waals surface area (Å²) in [7, 11) is 0. The summed E-state index contributed by atoms with van der Waals surface area (Å²) in [4.78, 5) is 8.37. The normalized spacial score (nSPS) is 13.0. The molecule has 118 valence electrons. The highest BCUT2D eigenvalue weighted by molar-refractivity contribution is 7.98. The van der Waals surface area contributed by atoms with Crippen molar-refractivity contribution < 1.29 is 5.11 Å². The molecule has 1 unspecified atom stereocenters. The van der Waals surface area contributed by atoms with E-state index in [1.807, 2.05) is 30.8 Å². The third kappa shape index (κ3) is 7.92. The van der Waals surface area contributed by atoms with E-state index >= 15 is 0 Å². The molecular weight excluding hydrogens is 284 g/mol. The maximum atomic E-state index is 10.1.